The molecule has 20 heavy (non-hydrogen) atoms. The van der Waals surface area contributed by atoms with Crippen LogP contribution in [-0.4, -0.2) is 44.0 Å². The second kappa shape index (κ2) is 6.51. The van der Waals surface area contributed by atoms with E-state index in [4.69, 9.17) is 0 Å². The van der Waals surface area contributed by atoms with Crippen LogP contribution in [0.15, 0.2) is 28.2 Å². The van der Waals surface area contributed by atoms with Crippen molar-refractivity contribution < 1.29 is 8.42 Å². The van der Waals surface area contributed by atoms with Crippen LogP contribution in [0.5, 0.6) is 0 Å². The van der Waals surface area contributed by atoms with Gasteiger partial charge in [0.25, 0.3) is 0 Å². The zero-order chi connectivity index (χ0) is 14.6. The zero-order valence-electron chi connectivity index (χ0n) is 11.6. The average molecular weight is 299 g/mol. The summed E-state index contributed by atoms with van der Waals surface area (Å²) in [6.45, 7) is 4.34. The molecule has 1 aromatic heterocycles. The van der Waals surface area contributed by atoms with Gasteiger partial charge < -0.3 is 4.98 Å². The summed E-state index contributed by atoms with van der Waals surface area (Å²) >= 11 is 0. The molecule has 1 unspecified atom stereocenters. The van der Waals surface area contributed by atoms with Crippen molar-refractivity contribution in [2.24, 2.45) is 0 Å². The van der Waals surface area contributed by atoms with Gasteiger partial charge in [-0.1, -0.05) is 6.42 Å². The Morgan fingerprint density at radius 2 is 2.05 bits per heavy atom. The second-order valence-corrected chi connectivity index (χ2v) is 6.91. The molecule has 2 rings (SSSR count). The van der Waals surface area contributed by atoms with Crippen molar-refractivity contribution in [2.45, 2.75) is 37.1 Å². The molecule has 6 nitrogen and oxygen atoms in total. The Bertz CT molecular complexity index is 591. The van der Waals surface area contributed by atoms with Gasteiger partial charge in [-0.25, -0.2) is 13.1 Å². The summed E-state index contributed by atoms with van der Waals surface area (Å²) < 4.78 is 26.7. The number of aromatic nitrogens is 1. The normalized spacial score (nSPS) is 18.9. The zero-order valence-corrected chi connectivity index (χ0v) is 12.4. The molecule has 0 aliphatic carbocycles. The minimum atomic E-state index is -3.75. The van der Waals surface area contributed by atoms with Gasteiger partial charge in [-0.3, -0.25) is 9.69 Å². The lowest BCUT2D eigenvalue weighted by Crippen LogP contribution is -2.44. The molecule has 7 heteroatoms. The number of rotatable bonds is 5. The topological polar surface area (TPSA) is 82.3 Å². The highest BCUT2D eigenvalue weighted by molar-refractivity contribution is 7.89. The van der Waals surface area contributed by atoms with E-state index < -0.39 is 15.5 Å². The summed E-state index contributed by atoms with van der Waals surface area (Å²) in [5, 5.41) is 0. The SMILES string of the molecule is CC(CNS(=O)(=O)c1c[nH]ccc1=O)N1CCCCC1. The number of sulfonamides is 1. The highest BCUT2D eigenvalue weighted by atomic mass is 32.2. The molecule has 1 aliphatic heterocycles. The average Bonchev–Trinajstić information content (AvgIpc) is 2.46. The Morgan fingerprint density at radius 3 is 2.70 bits per heavy atom. The predicted molar refractivity (Wildman–Crippen MR) is 77.1 cm³/mol. The van der Waals surface area contributed by atoms with E-state index in [2.05, 4.69) is 14.6 Å². The third-order valence-corrected chi connectivity index (χ3v) is 5.11. The Balaban J connectivity index is 1.99. The molecule has 1 atom stereocenters. The molecule has 2 N–H and O–H groups in total. The first kappa shape index (κ1) is 15.2. The molecule has 0 radical (unpaired) electrons. The third kappa shape index (κ3) is 3.68. The lowest BCUT2D eigenvalue weighted by molar-refractivity contribution is 0.175. The van der Waals surface area contributed by atoms with Crippen LogP contribution in [0, 0.1) is 0 Å². The van der Waals surface area contributed by atoms with E-state index in [9.17, 15) is 13.2 Å². The van der Waals surface area contributed by atoms with E-state index >= 15 is 0 Å². The van der Waals surface area contributed by atoms with Gasteiger partial charge in [0.2, 0.25) is 15.5 Å². The van der Waals surface area contributed by atoms with E-state index in [1.807, 2.05) is 6.92 Å². The van der Waals surface area contributed by atoms with Gasteiger partial charge in [0, 0.05) is 31.0 Å². The van der Waals surface area contributed by atoms with Crippen LogP contribution in [-0.2, 0) is 10.0 Å². The Hall–Kier alpha value is -1.18. The first-order valence-corrected chi connectivity index (χ1v) is 8.40. The van der Waals surface area contributed by atoms with Crippen molar-refractivity contribution in [1.82, 2.24) is 14.6 Å². The van der Waals surface area contributed by atoms with E-state index in [1.54, 1.807) is 0 Å². The molecule has 112 valence electrons. The van der Waals surface area contributed by atoms with Gasteiger partial charge in [-0.15, -0.1) is 0 Å². The van der Waals surface area contributed by atoms with Crippen LogP contribution >= 0.6 is 0 Å². The monoisotopic (exact) mass is 299 g/mol. The number of nitrogens with one attached hydrogen (secondary N) is 2. The minimum Gasteiger partial charge on any atom is -0.366 e. The standard InChI is InChI=1S/C13H21N3O3S/c1-11(16-7-3-2-4-8-16)9-15-20(18,19)13-10-14-6-5-12(13)17/h5-6,10-11,15H,2-4,7-9H2,1H3,(H,14,17). The van der Waals surface area contributed by atoms with Crippen LogP contribution in [0.3, 0.4) is 0 Å². The highest BCUT2D eigenvalue weighted by Gasteiger charge is 2.21. The van der Waals surface area contributed by atoms with Crippen LogP contribution < -0.4 is 10.2 Å². The molecule has 0 saturated carbocycles. The molecule has 1 saturated heterocycles. The van der Waals surface area contributed by atoms with Gasteiger partial charge in [0.15, 0.2) is 0 Å². The van der Waals surface area contributed by atoms with Gasteiger partial charge in [0.1, 0.15) is 4.90 Å². The predicted octanol–water partition coefficient (Wildman–Crippen LogP) is 0.528. The molecular formula is C13H21N3O3S. The largest absolute Gasteiger partial charge is 0.366 e. The first-order valence-electron chi connectivity index (χ1n) is 6.91. The van der Waals surface area contributed by atoms with E-state index in [0.29, 0.717) is 6.54 Å². The maximum atomic E-state index is 12.1. The number of hydrogen-bond donors (Lipinski definition) is 2. The van der Waals surface area contributed by atoms with Crippen molar-refractivity contribution in [3.63, 3.8) is 0 Å². The number of piperidine rings is 1. The maximum absolute atomic E-state index is 12.1. The fourth-order valence-electron chi connectivity index (χ4n) is 2.41. The quantitative estimate of drug-likeness (QED) is 0.831. The molecule has 1 aromatic rings. The van der Waals surface area contributed by atoms with Gasteiger partial charge in [-0.2, -0.15) is 0 Å². The molecule has 0 spiro atoms. The van der Waals surface area contributed by atoms with E-state index in [-0.39, 0.29) is 10.9 Å². The van der Waals surface area contributed by atoms with Crippen molar-refractivity contribution >= 4 is 10.0 Å². The van der Waals surface area contributed by atoms with Crippen molar-refractivity contribution in [3.05, 3.63) is 28.7 Å². The summed E-state index contributed by atoms with van der Waals surface area (Å²) in [6, 6.07) is 1.34. The summed E-state index contributed by atoms with van der Waals surface area (Å²) in [5.74, 6) is 0. The van der Waals surface area contributed by atoms with Crippen LogP contribution in [0.25, 0.3) is 0 Å². The van der Waals surface area contributed by atoms with Crippen LogP contribution in [0.1, 0.15) is 26.2 Å². The summed E-state index contributed by atoms with van der Waals surface area (Å²) in [7, 11) is -3.75. The van der Waals surface area contributed by atoms with E-state index in [1.165, 1.54) is 24.9 Å². The van der Waals surface area contributed by atoms with Crippen molar-refractivity contribution in [2.75, 3.05) is 19.6 Å². The Kier molecular flexibility index (Phi) is 4.95. The molecule has 0 bridgehead atoms. The lowest BCUT2D eigenvalue weighted by atomic mass is 10.1. The Morgan fingerprint density at radius 1 is 1.35 bits per heavy atom. The van der Waals surface area contributed by atoms with Crippen LogP contribution in [0.4, 0.5) is 0 Å². The van der Waals surface area contributed by atoms with Gasteiger partial charge >= 0.3 is 0 Å². The smallest absolute Gasteiger partial charge is 0.245 e. The number of pyridine rings is 1. The molecular weight excluding hydrogens is 278 g/mol. The van der Waals surface area contributed by atoms with Gasteiger partial charge in [-0.05, 0) is 32.9 Å². The molecule has 2 heterocycles. The Labute approximate surface area is 119 Å². The summed E-state index contributed by atoms with van der Waals surface area (Å²) in [5.41, 5.74) is -0.498. The fraction of sp³-hybridized carbons (Fsp3) is 0.615. The number of aromatic amines is 1. The number of hydrogen-bond acceptors (Lipinski definition) is 4. The first-order chi connectivity index (χ1) is 9.50. The van der Waals surface area contributed by atoms with Gasteiger partial charge in [0.05, 0.1) is 0 Å². The van der Waals surface area contributed by atoms with Crippen LogP contribution in [0.2, 0.25) is 0 Å². The van der Waals surface area contributed by atoms with E-state index in [0.717, 1.165) is 25.9 Å². The maximum Gasteiger partial charge on any atom is 0.245 e. The summed E-state index contributed by atoms with van der Waals surface area (Å²) in [6.07, 6.45) is 6.20. The number of nitrogens with zero attached hydrogens (tertiary/aromatic N) is 1. The molecule has 1 fully saturated rings. The second-order valence-electron chi connectivity index (χ2n) is 5.17. The third-order valence-electron chi connectivity index (χ3n) is 3.66. The van der Waals surface area contributed by atoms with Crippen molar-refractivity contribution in [3.8, 4) is 0 Å². The lowest BCUT2D eigenvalue weighted by Gasteiger charge is -2.32. The summed E-state index contributed by atoms with van der Waals surface area (Å²) in [4.78, 5) is 16.2. The molecule has 1 aliphatic rings. The van der Waals surface area contributed by atoms with Crippen molar-refractivity contribution in [1.29, 1.82) is 0 Å². The number of H-pyrrole nitrogens is 1. The fourth-order valence-corrected chi connectivity index (χ4v) is 3.58. The minimum absolute atomic E-state index is 0.132. The molecule has 0 amide bonds. The molecule has 0 aromatic carbocycles. The highest BCUT2D eigenvalue weighted by Crippen LogP contribution is 2.12. The number of likely N-dealkylation sites (tertiary alicyclic amines) is 1.